The summed E-state index contributed by atoms with van der Waals surface area (Å²) in [5.41, 5.74) is 1.41. The van der Waals surface area contributed by atoms with Crippen LogP contribution in [0, 0.1) is 0 Å². The molecule has 0 saturated carbocycles. The van der Waals surface area contributed by atoms with Gasteiger partial charge >= 0.3 is 6.03 Å². The molecule has 1 aromatic heterocycles. The van der Waals surface area contributed by atoms with Gasteiger partial charge in [-0.25, -0.2) is 4.79 Å². The highest BCUT2D eigenvalue weighted by Crippen LogP contribution is 2.34. The fraction of sp³-hybridized carbons (Fsp3) is 0.385. The van der Waals surface area contributed by atoms with E-state index in [-0.39, 0.29) is 17.2 Å². The van der Waals surface area contributed by atoms with Crippen LogP contribution >= 0.6 is 23.1 Å². The predicted molar refractivity (Wildman–Crippen MR) is 79.2 cm³/mol. The van der Waals surface area contributed by atoms with Crippen molar-refractivity contribution in [1.29, 1.82) is 0 Å². The maximum Gasteiger partial charge on any atom is 0.322 e. The van der Waals surface area contributed by atoms with Gasteiger partial charge in [0.1, 0.15) is 0 Å². The summed E-state index contributed by atoms with van der Waals surface area (Å²) >= 11 is 2.82. The van der Waals surface area contributed by atoms with Gasteiger partial charge in [-0.2, -0.15) is 0 Å². The van der Waals surface area contributed by atoms with Crippen molar-refractivity contribution in [3.63, 3.8) is 0 Å². The number of hydrogen-bond acceptors (Lipinski definition) is 4. The lowest BCUT2D eigenvalue weighted by Crippen LogP contribution is -2.45. The molecule has 102 valence electrons. The van der Waals surface area contributed by atoms with Crippen LogP contribution in [0.5, 0.6) is 0 Å². The average molecular weight is 296 g/mol. The van der Waals surface area contributed by atoms with Gasteiger partial charge in [-0.15, -0.1) is 11.3 Å². The summed E-state index contributed by atoms with van der Waals surface area (Å²) in [5.74, 6) is 0.727. The van der Waals surface area contributed by atoms with Crippen LogP contribution in [-0.4, -0.2) is 28.8 Å². The first-order chi connectivity index (χ1) is 9.06. The quantitative estimate of drug-likeness (QED) is 0.933. The number of allylic oxidation sites excluding steroid dienone is 1. The monoisotopic (exact) mass is 296 g/mol. The van der Waals surface area contributed by atoms with E-state index in [2.05, 4.69) is 5.32 Å². The van der Waals surface area contributed by atoms with Crippen molar-refractivity contribution in [3.05, 3.63) is 33.7 Å². The van der Waals surface area contributed by atoms with E-state index in [1.165, 1.54) is 16.7 Å². The van der Waals surface area contributed by atoms with Crippen LogP contribution in [-0.2, 0) is 4.79 Å². The van der Waals surface area contributed by atoms with Crippen LogP contribution in [0.25, 0.3) is 0 Å². The third-order valence-electron chi connectivity index (χ3n) is 3.08. The Balaban J connectivity index is 2.45. The zero-order chi connectivity index (χ0) is 14.0. The second-order valence-electron chi connectivity index (χ2n) is 4.18. The molecule has 1 aliphatic rings. The number of thiophene rings is 1. The topological polar surface area (TPSA) is 49.4 Å². The van der Waals surface area contributed by atoms with E-state index in [9.17, 15) is 9.59 Å². The molecule has 1 aromatic rings. The van der Waals surface area contributed by atoms with Crippen molar-refractivity contribution in [3.8, 4) is 0 Å². The number of rotatable bonds is 3. The summed E-state index contributed by atoms with van der Waals surface area (Å²) in [6, 6.07) is 3.37. The van der Waals surface area contributed by atoms with Gasteiger partial charge in [0, 0.05) is 17.6 Å². The zero-order valence-electron chi connectivity index (χ0n) is 11.1. The number of nitrogens with one attached hydrogen (secondary N) is 1. The van der Waals surface area contributed by atoms with Gasteiger partial charge in [-0.1, -0.05) is 24.8 Å². The van der Waals surface area contributed by atoms with Crippen molar-refractivity contribution >= 4 is 34.2 Å². The van der Waals surface area contributed by atoms with Gasteiger partial charge in [0.25, 0.3) is 0 Å². The molecule has 2 rings (SSSR count). The van der Waals surface area contributed by atoms with Crippen molar-refractivity contribution < 1.29 is 9.59 Å². The van der Waals surface area contributed by atoms with Gasteiger partial charge in [0.05, 0.1) is 11.6 Å². The number of amides is 2. The summed E-state index contributed by atoms with van der Waals surface area (Å²) in [6.45, 7) is 3.77. The summed E-state index contributed by atoms with van der Waals surface area (Å²) in [4.78, 5) is 26.7. The molecule has 4 nitrogen and oxygen atoms in total. The van der Waals surface area contributed by atoms with Crippen LogP contribution in [0.2, 0.25) is 0 Å². The highest BCUT2D eigenvalue weighted by molar-refractivity contribution is 8.14. The predicted octanol–water partition coefficient (Wildman–Crippen LogP) is 3.00. The second-order valence-corrected chi connectivity index (χ2v) is 6.39. The Kier molecular flexibility index (Phi) is 4.31. The SMILES string of the molecule is CCSC(=O)C1=C(C)N(C)C(=O)NC1c1cccs1. The summed E-state index contributed by atoms with van der Waals surface area (Å²) in [5, 5.41) is 4.87. The molecule has 1 N–H and O–H groups in total. The lowest BCUT2D eigenvalue weighted by Gasteiger charge is -2.32. The molecule has 6 heteroatoms. The smallest absolute Gasteiger partial charge is 0.322 e. The first-order valence-electron chi connectivity index (χ1n) is 6.01. The number of urea groups is 1. The van der Waals surface area contributed by atoms with Gasteiger partial charge in [-0.3, -0.25) is 4.79 Å². The molecule has 0 fully saturated rings. The van der Waals surface area contributed by atoms with Gasteiger partial charge in [0.15, 0.2) is 0 Å². The lowest BCUT2D eigenvalue weighted by atomic mass is 10.0. The molecule has 0 aromatic carbocycles. The molecule has 2 heterocycles. The first kappa shape index (κ1) is 14.1. The Bertz CT molecular complexity index is 523. The van der Waals surface area contributed by atoms with E-state index in [4.69, 9.17) is 0 Å². The van der Waals surface area contributed by atoms with Gasteiger partial charge in [-0.05, 0) is 24.1 Å². The van der Waals surface area contributed by atoms with Gasteiger partial charge in [0.2, 0.25) is 5.12 Å². The number of thioether (sulfide) groups is 1. The van der Waals surface area contributed by atoms with Crippen LogP contribution in [0.1, 0.15) is 24.8 Å². The molecule has 2 amide bonds. The minimum absolute atomic E-state index is 0.0326. The Morgan fingerprint density at radius 2 is 2.32 bits per heavy atom. The molecule has 1 aliphatic heterocycles. The zero-order valence-corrected chi connectivity index (χ0v) is 12.7. The maximum absolute atomic E-state index is 12.3. The van der Waals surface area contributed by atoms with Gasteiger partial charge < -0.3 is 10.2 Å². The minimum atomic E-state index is -0.324. The fourth-order valence-electron chi connectivity index (χ4n) is 1.98. The minimum Gasteiger partial charge on any atom is -0.326 e. The highest BCUT2D eigenvalue weighted by atomic mass is 32.2. The third-order valence-corrected chi connectivity index (χ3v) is 4.79. The Morgan fingerprint density at radius 3 is 2.89 bits per heavy atom. The molecule has 0 saturated heterocycles. The van der Waals surface area contributed by atoms with Crippen molar-refractivity contribution in [2.24, 2.45) is 0 Å². The molecule has 0 spiro atoms. The molecule has 0 radical (unpaired) electrons. The van der Waals surface area contributed by atoms with Crippen molar-refractivity contribution in [2.75, 3.05) is 12.8 Å². The first-order valence-corrected chi connectivity index (χ1v) is 7.88. The Labute approximate surface area is 120 Å². The molecule has 19 heavy (non-hydrogen) atoms. The highest BCUT2D eigenvalue weighted by Gasteiger charge is 2.34. The summed E-state index contributed by atoms with van der Waals surface area (Å²) in [7, 11) is 1.68. The van der Waals surface area contributed by atoms with E-state index in [0.717, 1.165) is 16.3 Å². The lowest BCUT2D eigenvalue weighted by molar-refractivity contribution is -0.108. The van der Waals surface area contributed by atoms with E-state index < -0.39 is 0 Å². The summed E-state index contributed by atoms with van der Waals surface area (Å²) < 4.78 is 0. The third kappa shape index (κ3) is 2.69. The molecular formula is C13H16N2O2S2. The van der Waals surface area contributed by atoms with Crippen LogP contribution in [0.4, 0.5) is 4.79 Å². The largest absolute Gasteiger partial charge is 0.326 e. The Hall–Kier alpha value is -1.27. The average Bonchev–Trinajstić information content (AvgIpc) is 2.89. The Morgan fingerprint density at radius 1 is 1.58 bits per heavy atom. The van der Waals surface area contributed by atoms with E-state index in [0.29, 0.717) is 5.57 Å². The summed E-state index contributed by atoms with van der Waals surface area (Å²) in [6.07, 6.45) is 0. The number of carbonyl (C=O) groups excluding carboxylic acids is 2. The van der Waals surface area contributed by atoms with E-state index in [1.54, 1.807) is 18.4 Å². The van der Waals surface area contributed by atoms with Crippen LogP contribution in [0.15, 0.2) is 28.8 Å². The molecule has 0 aliphatic carbocycles. The van der Waals surface area contributed by atoms with Crippen molar-refractivity contribution in [2.45, 2.75) is 19.9 Å². The number of carbonyl (C=O) groups is 2. The standard InChI is InChI=1S/C13H16N2O2S2/c1-4-18-12(16)10-8(2)15(3)13(17)14-11(10)9-6-5-7-19-9/h5-7,11H,4H2,1-3H3,(H,14,17). The van der Waals surface area contributed by atoms with Crippen LogP contribution in [0.3, 0.4) is 0 Å². The molecule has 1 atom stereocenters. The van der Waals surface area contributed by atoms with Crippen molar-refractivity contribution in [1.82, 2.24) is 10.2 Å². The maximum atomic E-state index is 12.3. The molecular weight excluding hydrogens is 280 g/mol. The second kappa shape index (κ2) is 5.79. The fourth-order valence-corrected chi connectivity index (χ4v) is 3.45. The van der Waals surface area contributed by atoms with E-state index in [1.807, 2.05) is 31.4 Å². The molecule has 0 bridgehead atoms. The van der Waals surface area contributed by atoms with Crippen LogP contribution < -0.4 is 5.32 Å². The van der Waals surface area contributed by atoms with E-state index >= 15 is 0 Å². The number of hydrogen-bond donors (Lipinski definition) is 1. The number of nitrogens with zero attached hydrogens (tertiary/aromatic N) is 1. The normalized spacial score (nSPS) is 19.6. The molecule has 1 unspecified atom stereocenters.